The number of carbonyl (C=O) groups excluding carboxylic acids is 2. The molecule has 0 saturated heterocycles. The van der Waals surface area contributed by atoms with E-state index < -0.39 is 39.9 Å². The summed E-state index contributed by atoms with van der Waals surface area (Å²) < 4.78 is 47.4. The number of anilines is 1. The van der Waals surface area contributed by atoms with Crippen LogP contribution in [0.5, 0.6) is 5.75 Å². The lowest BCUT2D eigenvalue weighted by Gasteiger charge is -2.33. The van der Waals surface area contributed by atoms with E-state index in [9.17, 15) is 22.4 Å². The van der Waals surface area contributed by atoms with Gasteiger partial charge < -0.3 is 15.0 Å². The van der Waals surface area contributed by atoms with Gasteiger partial charge in [-0.3, -0.25) is 13.9 Å². The van der Waals surface area contributed by atoms with Crippen LogP contribution in [0.1, 0.15) is 38.8 Å². The number of sulfonamides is 1. The van der Waals surface area contributed by atoms with Crippen LogP contribution in [-0.2, 0) is 26.2 Å². The van der Waals surface area contributed by atoms with Crippen LogP contribution in [0.2, 0.25) is 0 Å². The highest BCUT2D eigenvalue weighted by Crippen LogP contribution is 2.25. The van der Waals surface area contributed by atoms with E-state index in [4.69, 9.17) is 4.74 Å². The molecule has 0 spiro atoms. The Morgan fingerprint density at radius 1 is 0.950 bits per heavy atom. The second kappa shape index (κ2) is 12.5. The number of aryl methyl sites for hydroxylation is 1. The third-order valence-corrected chi connectivity index (χ3v) is 7.97. The number of nitrogens with one attached hydrogen (secondary N) is 1. The Morgan fingerprint density at radius 2 is 1.52 bits per heavy atom. The Balaban J connectivity index is 2.02. The maximum absolute atomic E-state index is 13.9. The molecule has 2 amide bonds. The van der Waals surface area contributed by atoms with Crippen LogP contribution >= 0.6 is 0 Å². The van der Waals surface area contributed by atoms with Gasteiger partial charge in [0.15, 0.2) is 0 Å². The van der Waals surface area contributed by atoms with Gasteiger partial charge in [-0.25, -0.2) is 12.8 Å². The molecule has 40 heavy (non-hydrogen) atoms. The zero-order valence-electron chi connectivity index (χ0n) is 23.6. The summed E-state index contributed by atoms with van der Waals surface area (Å²) in [5, 5.41) is 2.88. The summed E-state index contributed by atoms with van der Waals surface area (Å²) in [6, 6.07) is 17.2. The van der Waals surface area contributed by atoms with Gasteiger partial charge in [-0.2, -0.15) is 0 Å². The molecule has 10 heteroatoms. The van der Waals surface area contributed by atoms with Gasteiger partial charge in [-0.15, -0.1) is 0 Å². The fourth-order valence-electron chi connectivity index (χ4n) is 3.96. The normalized spacial score (nSPS) is 12.4. The van der Waals surface area contributed by atoms with Crippen molar-refractivity contribution < 1.29 is 27.1 Å². The first kappa shape index (κ1) is 30.6. The van der Waals surface area contributed by atoms with Gasteiger partial charge in [-0.05, 0) is 88.7 Å². The molecule has 1 atom stereocenters. The number of benzene rings is 3. The van der Waals surface area contributed by atoms with E-state index in [2.05, 4.69) is 5.32 Å². The third kappa shape index (κ3) is 7.81. The molecule has 0 fully saturated rings. The van der Waals surface area contributed by atoms with Crippen molar-refractivity contribution in [1.29, 1.82) is 0 Å². The van der Waals surface area contributed by atoms with E-state index in [0.717, 1.165) is 27.6 Å². The Bertz CT molecular complexity index is 1420. The minimum Gasteiger partial charge on any atom is -0.497 e. The number of amides is 2. The second-order valence-electron chi connectivity index (χ2n) is 10.6. The minimum absolute atomic E-state index is 0.0181. The molecule has 0 saturated carbocycles. The number of methoxy groups -OCH3 is 1. The lowest BCUT2D eigenvalue weighted by molar-refractivity contribution is -0.140. The monoisotopic (exact) mass is 569 g/mol. The standard InChI is InChI=1S/C30H36FN3O5S/c1-21-7-17-27(18-8-21)40(37,38)34(25-13-11-24(31)12-14-25)20-28(35)33(22(2)29(36)32-30(3,4)5)19-23-9-15-26(39-6)16-10-23/h7-18,22H,19-20H2,1-6H3,(H,32,36). The highest BCUT2D eigenvalue weighted by Gasteiger charge is 2.33. The molecule has 0 radical (unpaired) electrons. The van der Waals surface area contributed by atoms with E-state index >= 15 is 0 Å². The summed E-state index contributed by atoms with van der Waals surface area (Å²) >= 11 is 0. The van der Waals surface area contributed by atoms with Crippen molar-refractivity contribution in [2.75, 3.05) is 18.0 Å². The van der Waals surface area contributed by atoms with Gasteiger partial charge in [0.2, 0.25) is 11.8 Å². The van der Waals surface area contributed by atoms with Crippen molar-refractivity contribution in [1.82, 2.24) is 10.2 Å². The molecule has 0 bridgehead atoms. The molecular weight excluding hydrogens is 533 g/mol. The topological polar surface area (TPSA) is 96.0 Å². The summed E-state index contributed by atoms with van der Waals surface area (Å²) in [6.07, 6.45) is 0. The van der Waals surface area contributed by atoms with Gasteiger partial charge in [0.25, 0.3) is 10.0 Å². The van der Waals surface area contributed by atoms with E-state index in [1.807, 2.05) is 27.7 Å². The molecule has 3 aromatic carbocycles. The van der Waals surface area contributed by atoms with Gasteiger partial charge in [-0.1, -0.05) is 29.8 Å². The van der Waals surface area contributed by atoms with E-state index in [1.165, 1.54) is 29.2 Å². The zero-order valence-corrected chi connectivity index (χ0v) is 24.5. The molecule has 8 nitrogen and oxygen atoms in total. The first-order valence-corrected chi connectivity index (χ1v) is 14.2. The van der Waals surface area contributed by atoms with E-state index in [0.29, 0.717) is 5.75 Å². The van der Waals surface area contributed by atoms with Crippen molar-refractivity contribution in [2.24, 2.45) is 0 Å². The lowest BCUT2D eigenvalue weighted by atomic mass is 10.1. The van der Waals surface area contributed by atoms with Gasteiger partial charge >= 0.3 is 0 Å². The smallest absolute Gasteiger partial charge is 0.264 e. The van der Waals surface area contributed by atoms with Gasteiger partial charge in [0.05, 0.1) is 17.7 Å². The molecule has 0 aliphatic rings. The quantitative estimate of drug-likeness (QED) is 0.383. The first-order chi connectivity index (χ1) is 18.7. The highest BCUT2D eigenvalue weighted by molar-refractivity contribution is 7.92. The number of hydrogen-bond acceptors (Lipinski definition) is 5. The van der Waals surface area contributed by atoms with Crippen molar-refractivity contribution in [2.45, 2.75) is 57.6 Å². The van der Waals surface area contributed by atoms with Crippen LogP contribution in [0.3, 0.4) is 0 Å². The van der Waals surface area contributed by atoms with Crippen LogP contribution in [0.4, 0.5) is 10.1 Å². The Morgan fingerprint density at radius 3 is 2.05 bits per heavy atom. The fourth-order valence-corrected chi connectivity index (χ4v) is 5.37. The molecule has 0 aliphatic heterocycles. The summed E-state index contributed by atoms with van der Waals surface area (Å²) in [6.45, 7) is 8.36. The van der Waals surface area contributed by atoms with Gasteiger partial charge in [0, 0.05) is 12.1 Å². The zero-order chi connectivity index (χ0) is 29.7. The largest absolute Gasteiger partial charge is 0.497 e. The fraction of sp³-hybridized carbons (Fsp3) is 0.333. The average Bonchev–Trinajstić information content (AvgIpc) is 2.90. The number of ether oxygens (including phenoxy) is 1. The molecule has 3 rings (SSSR count). The number of rotatable bonds is 10. The van der Waals surface area contributed by atoms with E-state index in [-0.39, 0.29) is 23.0 Å². The van der Waals surface area contributed by atoms with Crippen LogP contribution < -0.4 is 14.4 Å². The Kier molecular flexibility index (Phi) is 9.57. The molecule has 0 heterocycles. The minimum atomic E-state index is -4.22. The molecule has 1 unspecified atom stereocenters. The van der Waals surface area contributed by atoms with Crippen molar-refractivity contribution in [3.63, 3.8) is 0 Å². The Hall–Kier alpha value is -3.92. The lowest BCUT2D eigenvalue weighted by Crippen LogP contribution is -2.54. The molecule has 0 aromatic heterocycles. The van der Waals surface area contributed by atoms with Crippen molar-refractivity contribution >= 4 is 27.5 Å². The molecular formula is C30H36FN3O5S. The van der Waals surface area contributed by atoms with E-state index in [1.54, 1.807) is 50.4 Å². The molecule has 3 aromatic rings. The number of carbonyl (C=O) groups is 2. The maximum atomic E-state index is 13.9. The van der Waals surface area contributed by atoms with Crippen LogP contribution in [0, 0.1) is 12.7 Å². The van der Waals surface area contributed by atoms with Crippen LogP contribution in [0.15, 0.2) is 77.7 Å². The number of halogens is 1. The average molecular weight is 570 g/mol. The van der Waals surface area contributed by atoms with Crippen molar-refractivity contribution in [3.8, 4) is 5.75 Å². The number of nitrogens with zero attached hydrogens (tertiary/aromatic N) is 2. The Labute approximate surface area is 235 Å². The van der Waals surface area contributed by atoms with Crippen LogP contribution in [0.25, 0.3) is 0 Å². The molecule has 214 valence electrons. The van der Waals surface area contributed by atoms with Gasteiger partial charge in [0.1, 0.15) is 24.2 Å². The summed E-state index contributed by atoms with van der Waals surface area (Å²) in [4.78, 5) is 28.4. The summed E-state index contributed by atoms with van der Waals surface area (Å²) in [5.74, 6) is -0.903. The predicted molar refractivity (Wildman–Crippen MR) is 153 cm³/mol. The summed E-state index contributed by atoms with van der Waals surface area (Å²) in [5.41, 5.74) is 1.16. The number of hydrogen-bond donors (Lipinski definition) is 1. The summed E-state index contributed by atoms with van der Waals surface area (Å²) in [7, 11) is -2.68. The van der Waals surface area contributed by atoms with Crippen LogP contribution in [-0.4, -0.2) is 50.4 Å². The second-order valence-corrected chi connectivity index (χ2v) is 12.4. The highest BCUT2D eigenvalue weighted by atomic mass is 32.2. The predicted octanol–water partition coefficient (Wildman–Crippen LogP) is 4.67. The third-order valence-electron chi connectivity index (χ3n) is 6.18. The first-order valence-electron chi connectivity index (χ1n) is 12.8. The van der Waals surface area contributed by atoms with Crippen molar-refractivity contribution in [3.05, 3.63) is 89.7 Å². The molecule has 1 N–H and O–H groups in total. The maximum Gasteiger partial charge on any atom is 0.264 e. The SMILES string of the molecule is COc1ccc(CN(C(=O)CN(c2ccc(F)cc2)S(=O)(=O)c2ccc(C)cc2)C(C)C(=O)NC(C)(C)C)cc1. The molecule has 0 aliphatic carbocycles.